The molecule has 160 valence electrons. The summed E-state index contributed by atoms with van der Waals surface area (Å²) in [6.45, 7) is 3.31. The molecular formula is C23H28ClN3O3. The Bertz CT molecular complexity index is 872. The first-order chi connectivity index (χ1) is 14.4. The summed E-state index contributed by atoms with van der Waals surface area (Å²) in [7, 11) is 0. The zero-order chi connectivity index (χ0) is 21.5. The van der Waals surface area contributed by atoms with E-state index in [2.05, 4.69) is 10.6 Å². The van der Waals surface area contributed by atoms with Gasteiger partial charge in [-0.1, -0.05) is 35.9 Å². The van der Waals surface area contributed by atoms with Crippen molar-refractivity contribution < 1.29 is 14.7 Å². The van der Waals surface area contributed by atoms with Gasteiger partial charge in [0.05, 0.1) is 6.10 Å². The van der Waals surface area contributed by atoms with Crippen LogP contribution in [0, 0.1) is 0 Å². The molecule has 1 saturated heterocycles. The molecule has 0 saturated carbocycles. The van der Waals surface area contributed by atoms with E-state index in [0.29, 0.717) is 24.5 Å². The summed E-state index contributed by atoms with van der Waals surface area (Å²) < 4.78 is 0. The lowest BCUT2D eigenvalue weighted by Crippen LogP contribution is -2.42. The molecule has 2 amide bonds. The van der Waals surface area contributed by atoms with Gasteiger partial charge in [0.25, 0.3) is 0 Å². The first-order valence-electron chi connectivity index (χ1n) is 10.3. The van der Waals surface area contributed by atoms with Crippen LogP contribution in [0.3, 0.4) is 0 Å². The van der Waals surface area contributed by atoms with Crippen LogP contribution < -0.4 is 10.6 Å². The largest absolute Gasteiger partial charge is 0.387 e. The van der Waals surface area contributed by atoms with E-state index in [-0.39, 0.29) is 17.9 Å². The lowest BCUT2D eigenvalue weighted by atomic mass is 10.1. The lowest BCUT2D eigenvalue weighted by molar-refractivity contribution is -0.134. The summed E-state index contributed by atoms with van der Waals surface area (Å²) in [5.41, 5.74) is 2.65. The Morgan fingerprint density at radius 1 is 1.23 bits per heavy atom. The van der Waals surface area contributed by atoms with Crippen molar-refractivity contribution in [1.29, 1.82) is 0 Å². The van der Waals surface area contributed by atoms with E-state index in [1.165, 1.54) is 6.92 Å². The SMILES string of the molecule is CC(=O)N1CCCC1C(=O)Nc1ccc(CCNCC(O)c2cccc(Cl)c2)cc1. The molecule has 2 atom stereocenters. The first-order valence-corrected chi connectivity index (χ1v) is 10.6. The highest BCUT2D eigenvalue weighted by molar-refractivity contribution is 6.30. The number of amides is 2. The number of carbonyl (C=O) groups is 2. The monoisotopic (exact) mass is 429 g/mol. The Morgan fingerprint density at radius 3 is 2.70 bits per heavy atom. The fourth-order valence-corrected chi connectivity index (χ4v) is 3.90. The Hall–Kier alpha value is -2.41. The Morgan fingerprint density at radius 2 is 2.00 bits per heavy atom. The van der Waals surface area contributed by atoms with E-state index >= 15 is 0 Å². The van der Waals surface area contributed by atoms with Crippen molar-refractivity contribution in [2.24, 2.45) is 0 Å². The third kappa shape index (κ3) is 6.05. The summed E-state index contributed by atoms with van der Waals surface area (Å²) >= 11 is 5.96. The minimum absolute atomic E-state index is 0.0593. The number of hydrogen-bond acceptors (Lipinski definition) is 4. The fourth-order valence-electron chi connectivity index (χ4n) is 3.70. The Balaban J connectivity index is 1.42. The third-order valence-electron chi connectivity index (χ3n) is 5.34. The van der Waals surface area contributed by atoms with E-state index in [1.807, 2.05) is 36.4 Å². The molecule has 0 spiro atoms. The van der Waals surface area contributed by atoms with Crippen LogP contribution in [0.15, 0.2) is 48.5 Å². The van der Waals surface area contributed by atoms with Crippen molar-refractivity contribution in [1.82, 2.24) is 10.2 Å². The standard InChI is InChI=1S/C23H28ClN3O3/c1-16(28)27-13-3-6-21(27)23(30)26-20-9-7-17(8-10-20)11-12-25-15-22(29)18-4-2-5-19(24)14-18/h2,4-5,7-10,14,21-22,25,29H,3,6,11-13,15H2,1H3,(H,26,30). The number of halogens is 1. The van der Waals surface area contributed by atoms with Gasteiger partial charge in [0.1, 0.15) is 6.04 Å². The minimum atomic E-state index is -0.605. The molecule has 30 heavy (non-hydrogen) atoms. The quantitative estimate of drug-likeness (QED) is 0.563. The van der Waals surface area contributed by atoms with Crippen LogP contribution in [0.25, 0.3) is 0 Å². The molecule has 6 nitrogen and oxygen atoms in total. The van der Waals surface area contributed by atoms with Crippen LogP contribution in [-0.2, 0) is 16.0 Å². The fraction of sp³-hybridized carbons (Fsp3) is 0.391. The number of rotatable bonds is 8. The number of nitrogens with one attached hydrogen (secondary N) is 2. The van der Waals surface area contributed by atoms with Crippen LogP contribution in [-0.4, -0.2) is 47.5 Å². The number of aliphatic hydroxyl groups is 1. The van der Waals surface area contributed by atoms with Gasteiger partial charge in [0, 0.05) is 30.7 Å². The molecule has 2 aromatic rings. The van der Waals surface area contributed by atoms with Gasteiger partial charge in [0.2, 0.25) is 11.8 Å². The average molecular weight is 430 g/mol. The highest BCUT2D eigenvalue weighted by Crippen LogP contribution is 2.20. The Kier molecular flexibility index (Phi) is 7.85. The van der Waals surface area contributed by atoms with Crippen LogP contribution in [0.1, 0.15) is 37.0 Å². The summed E-state index contributed by atoms with van der Waals surface area (Å²) in [5.74, 6) is -0.192. The maximum absolute atomic E-state index is 12.5. The zero-order valence-corrected chi connectivity index (χ0v) is 17.9. The summed E-state index contributed by atoms with van der Waals surface area (Å²) in [6.07, 6.45) is 1.76. The minimum Gasteiger partial charge on any atom is -0.387 e. The zero-order valence-electron chi connectivity index (χ0n) is 17.1. The smallest absolute Gasteiger partial charge is 0.247 e. The van der Waals surface area contributed by atoms with Gasteiger partial charge >= 0.3 is 0 Å². The lowest BCUT2D eigenvalue weighted by Gasteiger charge is -2.22. The number of nitrogens with zero attached hydrogens (tertiary/aromatic N) is 1. The van der Waals surface area contributed by atoms with Gasteiger partial charge in [-0.15, -0.1) is 0 Å². The highest BCUT2D eigenvalue weighted by atomic mass is 35.5. The molecule has 0 aromatic heterocycles. The van der Waals surface area contributed by atoms with Crippen molar-refractivity contribution in [3.8, 4) is 0 Å². The highest BCUT2D eigenvalue weighted by Gasteiger charge is 2.32. The maximum atomic E-state index is 12.5. The van der Waals surface area contributed by atoms with Crippen molar-refractivity contribution >= 4 is 29.1 Å². The van der Waals surface area contributed by atoms with Crippen LogP contribution in [0.5, 0.6) is 0 Å². The van der Waals surface area contributed by atoms with Crippen molar-refractivity contribution in [3.63, 3.8) is 0 Å². The van der Waals surface area contributed by atoms with Crippen molar-refractivity contribution in [3.05, 3.63) is 64.7 Å². The Labute approximate surface area is 182 Å². The molecule has 1 heterocycles. The molecule has 7 heteroatoms. The molecule has 1 aliphatic heterocycles. The number of anilines is 1. The van der Waals surface area contributed by atoms with Crippen LogP contribution >= 0.6 is 11.6 Å². The molecule has 1 aliphatic rings. The summed E-state index contributed by atoms with van der Waals surface area (Å²) in [4.78, 5) is 25.8. The second-order valence-electron chi connectivity index (χ2n) is 7.58. The number of hydrogen-bond donors (Lipinski definition) is 3. The van der Waals surface area contributed by atoms with Crippen molar-refractivity contribution in [2.45, 2.75) is 38.3 Å². The summed E-state index contributed by atoms with van der Waals surface area (Å²) in [6, 6.07) is 14.5. The van der Waals surface area contributed by atoms with E-state index in [9.17, 15) is 14.7 Å². The summed E-state index contributed by atoms with van der Waals surface area (Å²) in [5, 5.41) is 17.0. The predicted octanol–water partition coefficient (Wildman–Crippen LogP) is 3.16. The number of aliphatic hydroxyl groups excluding tert-OH is 1. The molecule has 1 fully saturated rings. The average Bonchev–Trinajstić information content (AvgIpc) is 3.23. The topological polar surface area (TPSA) is 81.7 Å². The van der Waals surface area contributed by atoms with Crippen LogP contribution in [0.4, 0.5) is 5.69 Å². The van der Waals surface area contributed by atoms with E-state index < -0.39 is 6.10 Å². The molecular weight excluding hydrogens is 402 g/mol. The molecule has 2 unspecified atom stereocenters. The van der Waals surface area contributed by atoms with E-state index in [1.54, 1.807) is 17.0 Å². The van der Waals surface area contributed by atoms with Gasteiger partial charge in [-0.2, -0.15) is 0 Å². The maximum Gasteiger partial charge on any atom is 0.247 e. The van der Waals surface area contributed by atoms with Gasteiger partial charge in [-0.05, 0) is 61.2 Å². The molecule has 3 rings (SSSR count). The van der Waals surface area contributed by atoms with Gasteiger partial charge < -0.3 is 20.6 Å². The second-order valence-corrected chi connectivity index (χ2v) is 8.02. The predicted molar refractivity (Wildman–Crippen MR) is 118 cm³/mol. The molecule has 3 N–H and O–H groups in total. The number of likely N-dealkylation sites (tertiary alicyclic amines) is 1. The van der Waals surface area contributed by atoms with E-state index in [0.717, 1.165) is 36.2 Å². The van der Waals surface area contributed by atoms with Gasteiger partial charge in [0.15, 0.2) is 0 Å². The van der Waals surface area contributed by atoms with Crippen LogP contribution in [0.2, 0.25) is 5.02 Å². The first kappa shape index (κ1) is 22.3. The number of carbonyl (C=O) groups excluding carboxylic acids is 2. The van der Waals surface area contributed by atoms with Crippen molar-refractivity contribution in [2.75, 3.05) is 25.0 Å². The molecule has 0 bridgehead atoms. The molecule has 0 radical (unpaired) electrons. The normalized spacial score (nSPS) is 17.0. The third-order valence-corrected chi connectivity index (χ3v) is 5.58. The van der Waals surface area contributed by atoms with Gasteiger partial charge in [-0.25, -0.2) is 0 Å². The number of benzene rings is 2. The molecule has 0 aliphatic carbocycles. The second kappa shape index (κ2) is 10.6. The van der Waals surface area contributed by atoms with E-state index in [4.69, 9.17) is 11.6 Å². The molecule has 2 aromatic carbocycles. The van der Waals surface area contributed by atoms with Gasteiger partial charge in [-0.3, -0.25) is 9.59 Å².